The van der Waals surface area contributed by atoms with Gasteiger partial charge in [0.1, 0.15) is 0 Å². The molecule has 2 fully saturated rings. The SMILES string of the molecule is OC1CCN(C2CCCCCC2)CC1. The van der Waals surface area contributed by atoms with Crippen LogP contribution in [-0.2, 0) is 0 Å². The molecule has 2 nitrogen and oxygen atoms in total. The molecular weight excluding hydrogens is 174 g/mol. The standard InChI is InChI=1S/C12H23NO/c14-12-7-9-13(10-8-12)11-5-3-1-2-4-6-11/h11-12,14H,1-10H2. The van der Waals surface area contributed by atoms with Crippen LogP contribution in [0.1, 0.15) is 51.4 Å². The molecule has 0 aromatic carbocycles. The summed E-state index contributed by atoms with van der Waals surface area (Å²) in [6, 6.07) is 0.838. The highest BCUT2D eigenvalue weighted by Crippen LogP contribution is 2.24. The van der Waals surface area contributed by atoms with E-state index >= 15 is 0 Å². The van der Waals surface area contributed by atoms with Gasteiger partial charge in [0.2, 0.25) is 0 Å². The number of hydrogen-bond acceptors (Lipinski definition) is 2. The zero-order valence-corrected chi connectivity index (χ0v) is 9.12. The number of hydrogen-bond donors (Lipinski definition) is 1. The normalized spacial score (nSPS) is 28.9. The van der Waals surface area contributed by atoms with Crippen LogP contribution in [0.5, 0.6) is 0 Å². The average Bonchev–Trinajstić information content (AvgIpc) is 2.47. The summed E-state index contributed by atoms with van der Waals surface area (Å²) in [4.78, 5) is 2.62. The number of likely N-dealkylation sites (tertiary alicyclic amines) is 1. The van der Waals surface area contributed by atoms with E-state index in [2.05, 4.69) is 4.90 Å². The van der Waals surface area contributed by atoms with Crippen molar-refractivity contribution in [2.75, 3.05) is 13.1 Å². The maximum absolute atomic E-state index is 9.45. The van der Waals surface area contributed by atoms with Gasteiger partial charge in [-0.25, -0.2) is 0 Å². The van der Waals surface area contributed by atoms with E-state index in [4.69, 9.17) is 0 Å². The molecule has 2 heteroatoms. The van der Waals surface area contributed by atoms with Crippen molar-refractivity contribution in [2.45, 2.75) is 63.5 Å². The van der Waals surface area contributed by atoms with Gasteiger partial charge in [0, 0.05) is 19.1 Å². The van der Waals surface area contributed by atoms with Gasteiger partial charge in [-0.2, -0.15) is 0 Å². The van der Waals surface area contributed by atoms with Crippen LogP contribution >= 0.6 is 0 Å². The molecule has 0 aromatic heterocycles. The lowest BCUT2D eigenvalue weighted by Gasteiger charge is -2.35. The molecule has 0 amide bonds. The van der Waals surface area contributed by atoms with Crippen molar-refractivity contribution in [2.24, 2.45) is 0 Å². The number of aliphatic hydroxyl groups is 1. The highest BCUT2D eigenvalue weighted by atomic mass is 16.3. The van der Waals surface area contributed by atoms with Crippen molar-refractivity contribution >= 4 is 0 Å². The van der Waals surface area contributed by atoms with Gasteiger partial charge in [0.25, 0.3) is 0 Å². The van der Waals surface area contributed by atoms with Crippen LogP contribution in [0, 0.1) is 0 Å². The lowest BCUT2D eigenvalue weighted by molar-refractivity contribution is 0.0567. The van der Waals surface area contributed by atoms with Gasteiger partial charge in [0.05, 0.1) is 6.10 Å². The molecule has 14 heavy (non-hydrogen) atoms. The minimum Gasteiger partial charge on any atom is -0.393 e. The molecule has 0 radical (unpaired) electrons. The molecule has 2 aliphatic rings. The van der Waals surface area contributed by atoms with E-state index in [1.165, 1.54) is 38.5 Å². The van der Waals surface area contributed by atoms with Crippen molar-refractivity contribution in [1.82, 2.24) is 4.90 Å². The minimum atomic E-state index is -0.0166. The fourth-order valence-electron chi connectivity index (χ4n) is 2.87. The number of aliphatic hydroxyl groups excluding tert-OH is 1. The maximum atomic E-state index is 9.45. The summed E-state index contributed by atoms with van der Waals surface area (Å²) in [6.07, 6.45) is 10.5. The predicted octanol–water partition coefficient (Wildman–Crippen LogP) is 2.17. The van der Waals surface area contributed by atoms with Crippen LogP contribution in [0.4, 0.5) is 0 Å². The Morgan fingerprint density at radius 3 is 1.93 bits per heavy atom. The Morgan fingerprint density at radius 2 is 1.36 bits per heavy atom. The van der Waals surface area contributed by atoms with Crippen molar-refractivity contribution in [3.8, 4) is 0 Å². The molecule has 1 aliphatic carbocycles. The predicted molar refractivity (Wildman–Crippen MR) is 58.3 cm³/mol. The molecule has 1 N–H and O–H groups in total. The van der Waals surface area contributed by atoms with Crippen LogP contribution in [0.15, 0.2) is 0 Å². The Bertz CT molecular complexity index is 156. The van der Waals surface area contributed by atoms with Crippen LogP contribution < -0.4 is 0 Å². The Labute approximate surface area is 87.3 Å². The van der Waals surface area contributed by atoms with Gasteiger partial charge in [0.15, 0.2) is 0 Å². The largest absolute Gasteiger partial charge is 0.393 e. The van der Waals surface area contributed by atoms with Crippen LogP contribution in [0.25, 0.3) is 0 Å². The molecule has 0 aromatic rings. The third-order valence-corrected chi connectivity index (χ3v) is 3.84. The summed E-state index contributed by atoms with van der Waals surface area (Å²) >= 11 is 0. The summed E-state index contributed by atoms with van der Waals surface area (Å²) in [5, 5.41) is 9.45. The van der Waals surface area contributed by atoms with E-state index in [9.17, 15) is 5.11 Å². The highest BCUT2D eigenvalue weighted by molar-refractivity contribution is 4.79. The first-order valence-corrected chi connectivity index (χ1v) is 6.28. The number of rotatable bonds is 1. The first kappa shape index (κ1) is 10.4. The van der Waals surface area contributed by atoms with Gasteiger partial charge < -0.3 is 10.0 Å². The van der Waals surface area contributed by atoms with E-state index < -0.39 is 0 Å². The molecule has 2 rings (SSSR count). The second-order valence-corrected chi connectivity index (χ2v) is 4.91. The minimum absolute atomic E-state index is 0.0166. The monoisotopic (exact) mass is 197 g/mol. The summed E-state index contributed by atoms with van der Waals surface area (Å²) < 4.78 is 0. The van der Waals surface area contributed by atoms with Crippen LogP contribution in [0.3, 0.4) is 0 Å². The fourth-order valence-corrected chi connectivity index (χ4v) is 2.87. The zero-order valence-electron chi connectivity index (χ0n) is 9.12. The molecule has 0 spiro atoms. The van der Waals surface area contributed by atoms with Gasteiger partial charge in [-0.3, -0.25) is 0 Å². The Kier molecular flexibility index (Phi) is 3.82. The second-order valence-electron chi connectivity index (χ2n) is 4.91. The molecule has 0 bridgehead atoms. The van der Waals surface area contributed by atoms with Crippen LogP contribution in [-0.4, -0.2) is 35.2 Å². The Hall–Kier alpha value is -0.0800. The molecule has 1 saturated carbocycles. The third-order valence-electron chi connectivity index (χ3n) is 3.84. The highest BCUT2D eigenvalue weighted by Gasteiger charge is 2.24. The Morgan fingerprint density at radius 1 is 0.786 bits per heavy atom. The van der Waals surface area contributed by atoms with Gasteiger partial charge in [-0.05, 0) is 25.7 Å². The first-order valence-electron chi connectivity index (χ1n) is 6.28. The van der Waals surface area contributed by atoms with E-state index in [0.717, 1.165) is 32.0 Å². The van der Waals surface area contributed by atoms with Crippen molar-refractivity contribution < 1.29 is 5.11 Å². The number of piperidine rings is 1. The summed E-state index contributed by atoms with van der Waals surface area (Å²) in [5.41, 5.74) is 0. The first-order chi connectivity index (χ1) is 6.86. The maximum Gasteiger partial charge on any atom is 0.0564 e. The Balaban J connectivity index is 1.81. The van der Waals surface area contributed by atoms with E-state index in [-0.39, 0.29) is 6.10 Å². The molecule has 1 heterocycles. The van der Waals surface area contributed by atoms with E-state index in [1.807, 2.05) is 0 Å². The van der Waals surface area contributed by atoms with Crippen molar-refractivity contribution in [3.63, 3.8) is 0 Å². The average molecular weight is 197 g/mol. The lowest BCUT2D eigenvalue weighted by atomic mass is 10.0. The van der Waals surface area contributed by atoms with Gasteiger partial charge >= 0.3 is 0 Å². The number of nitrogens with zero attached hydrogens (tertiary/aromatic N) is 1. The smallest absolute Gasteiger partial charge is 0.0564 e. The van der Waals surface area contributed by atoms with Gasteiger partial charge in [-0.15, -0.1) is 0 Å². The lowest BCUT2D eigenvalue weighted by Crippen LogP contribution is -2.42. The molecule has 82 valence electrons. The fraction of sp³-hybridized carbons (Fsp3) is 1.00. The molecule has 0 unspecified atom stereocenters. The van der Waals surface area contributed by atoms with Crippen LogP contribution in [0.2, 0.25) is 0 Å². The summed E-state index contributed by atoms with van der Waals surface area (Å²) in [5.74, 6) is 0. The van der Waals surface area contributed by atoms with Crippen molar-refractivity contribution in [1.29, 1.82) is 0 Å². The topological polar surface area (TPSA) is 23.5 Å². The molecule has 1 aliphatic heterocycles. The summed E-state index contributed by atoms with van der Waals surface area (Å²) in [6.45, 7) is 2.26. The van der Waals surface area contributed by atoms with Gasteiger partial charge in [-0.1, -0.05) is 25.7 Å². The molecule has 1 saturated heterocycles. The molecule has 0 atom stereocenters. The van der Waals surface area contributed by atoms with E-state index in [1.54, 1.807) is 0 Å². The third kappa shape index (κ3) is 2.71. The summed E-state index contributed by atoms with van der Waals surface area (Å²) in [7, 11) is 0. The van der Waals surface area contributed by atoms with E-state index in [0.29, 0.717) is 0 Å². The molecular formula is C12H23NO. The zero-order chi connectivity index (χ0) is 9.80. The van der Waals surface area contributed by atoms with Crippen molar-refractivity contribution in [3.05, 3.63) is 0 Å². The second kappa shape index (κ2) is 5.13. The quantitative estimate of drug-likeness (QED) is 0.651.